The zero-order valence-corrected chi connectivity index (χ0v) is 16.6. The first-order valence-corrected chi connectivity index (χ1v) is 12.1. The number of halogens is 2. The number of rotatable bonds is 8. The molecule has 0 radical (unpaired) electrons. The van der Waals surface area contributed by atoms with E-state index < -0.39 is 14.5 Å². The smallest absolute Gasteiger partial charge is 0.267 e. The molecule has 0 fully saturated rings. The maximum atomic E-state index is 13.6. The van der Waals surface area contributed by atoms with E-state index in [1.54, 1.807) is 6.07 Å². The van der Waals surface area contributed by atoms with Crippen LogP contribution < -0.4 is 10.5 Å². The Hall–Kier alpha value is -1.43. The fraction of sp³-hybridized carbons (Fsp3) is 0.611. The minimum Gasteiger partial charge on any atom is -0.494 e. The molecular weight excluding hydrogens is 326 g/mol. The van der Waals surface area contributed by atoms with Crippen LogP contribution in [0.5, 0.6) is 5.75 Å². The summed E-state index contributed by atoms with van der Waals surface area (Å²) >= 11 is 0. The van der Waals surface area contributed by atoms with Crippen LogP contribution in [-0.2, 0) is 0 Å². The van der Waals surface area contributed by atoms with Gasteiger partial charge in [-0.3, -0.25) is 4.99 Å². The Kier molecular flexibility index (Phi) is 7.39. The normalized spacial score (nSPS) is 15.0. The average Bonchev–Trinajstić information content (AvgIpc) is 2.49. The molecule has 0 aromatic heterocycles. The predicted molar refractivity (Wildman–Crippen MR) is 99.9 cm³/mol. The van der Waals surface area contributed by atoms with Gasteiger partial charge in [0.15, 0.2) is 0 Å². The average molecular weight is 357 g/mol. The quantitative estimate of drug-likeness (QED) is 0.385. The second-order valence-corrected chi connectivity index (χ2v) is 12.5. The van der Waals surface area contributed by atoms with Gasteiger partial charge in [0, 0.05) is 0 Å². The summed E-state index contributed by atoms with van der Waals surface area (Å²) in [5.74, 6) is 0.298. The van der Waals surface area contributed by atoms with Crippen molar-refractivity contribution >= 4 is 14.4 Å². The van der Waals surface area contributed by atoms with Gasteiger partial charge in [-0.05, 0) is 43.0 Å². The molecule has 0 aliphatic carbocycles. The Labute approximate surface area is 145 Å². The van der Waals surface area contributed by atoms with E-state index in [4.69, 9.17) is 10.5 Å². The molecule has 2 atom stereocenters. The summed E-state index contributed by atoms with van der Waals surface area (Å²) < 4.78 is 33.3. The molecule has 136 valence electrons. The van der Waals surface area contributed by atoms with Crippen molar-refractivity contribution in [3.05, 3.63) is 28.8 Å². The van der Waals surface area contributed by atoms with Crippen molar-refractivity contribution in [1.29, 1.82) is 0 Å². The van der Waals surface area contributed by atoms with Crippen molar-refractivity contribution < 1.29 is 13.5 Å². The summed E-state index contributed by atoms with van der Waals surface area (Å²) in [6.45, 7) is 12.5. The predicted octanol–water partition coefficient (Wildman–Crippen LogP) is 5.41. The van der Waals surface area contributed by atoms with Crippen LogP contribution in [0.1, 0.15) is 55.8 Å². The van der Waals surface area contributed by atoms with Crippen LogP contribution in [0.2, 0.25) is 19.6 Å². The van der Waals surface area contributed by atoms with E-state index in [0.29, 0.717) is 12.2 Å². The van der Waals surface area contributed by atoms with Gasteiger partial charge in [0.1, 0.15) is 5.75 Å². The molecule has 2 N–H and O–H groups in total. The van der Waals surface area contributed by atoms with Crippen molar-refractivity contribution in [3.63, 3.8) is 0 Å². The molecule has 24 heavy (non-hydrogen) atoms. The molecule has 6 heteroatoms. The lowest BCUT2D eigenvalue weighted by atomic mass is 9.96. The minimum atomic E-state index is -2.59. The molecule has 0 amide bonds. The second kappa shape index (κ2) is 8.60. The van der Waals surface area contributed by atoms with Crippen LogP contribution in [0.3, 0.4) is 0 Å². The molecule has 3 nitrogen and oxygen atoms in total. The highest BCUT2D eigenvalue weighted by Gasteiger charge is 2.29. The van der Waals surface area contributed by atoms with Gasteiger partial charge in [0.05, 0.1) is 31.7 Å². The van der Waals surface area contributed by atoms with Gasteiger partial charge in [-0.1, -0.05) is 33.5 Å². The topological polar surface area (TPSA) is 47.6 Å². The Morgan fingerprint density at radius 2 is 1.79 bits per heavy atom. The summed E-state index contributed by atoms with van der Waals surface area (Å²) in [6.07, 6.45) is 0.161. The molecule has 0 bridgehead atoms. The highest BCUT2D eigenvalue weighted by atomic mass is 28.3. The van der Waals surface area contributed by atoms with Crippen molar-refractivity contribution in [3.8, 4) is 5.75 Å². The van der Waals surface area contributed by atoms with Crippen molar-refractivity contribution in [2.75, 3.05) is 0 Å². The van der Waals surface area contributed by atoms with Crippen LogP contribution >= 0.6 is 0 Å². The SMILES string of the molecule is CCC(N=CN)c1cc(C(F)F)c(OC(CC)[Si](C)(C)C)cc1C. The number of hydrogen-bond acceptors (Lipinski definition) is 2. The Balaban J connectivity index is 3.34. The molecule has 1 rings (SSSR count). The van der Waals surface area contributed by atoms with Gasteiger partial charge in [-0.15, -0.1) is 0 Å². The standard InChI is InChI=1S/C18H30F2N2OSi/c1-7-15(22-11-21)13-10-14(18(19)20)16(9-12(13)3)23-17(8-2)24(4,5)6/h9-11,15,17-18H,7-8H2,1-6H3,(H2,21,22). The zero-order chi connectivity index (χ0) is 18.5. The van der Waals surface area contributed by atoms with Gasteiger partial charge in [-0.25, -0.2) is 8.78 Å². The van der Waals surface area contributed by atoms with Gasteiger partial charge in [0.25, 0.3) is 6.43 Å². The fourth-order valence-electron chi connectivity index (χ4n) is 2.88. The first-order valence-electron chi connectivity index (χ1n) is 8.48. The minimum absolute atomic E-state index is 0.00397. The third-order valence-electron chi connectivity index (χ3n) is 4.25. The van der Waals surface area contributed by atoms with E-state index in [1.165, 1.54) is 12.4 Å². The highest BCUT2D eigenvalue weighted by Crippen LogP contribution is 2.37. The Morgan fingerprint density at radius 3 is 2.21 bits per heavy atom. The molecule has 2 unspecified atom stereocenters. The van der Waals surface area contributed by atoms with E-state index in [2.05, 4.69) is 24.6 Å². The van der Waals surface area contributed by atoms with Gasteiger partial charge >= 0.3 is 0 Å². The molecule has 0 saturated heterocycles. The lowest BCUT2D eigenvalue weighted by Gasteiger charge is -2.30. The van der Waals surface area contributed by atoms with Crippen LogP contribution in [0, 0.1) is 6.92 Å². The molecule has 0 aliphatic rings. The number of aliphatic imine (C=N–C) groups is 1. The number of nitrogens with zero attached hydrogens (tertiary/aromatic N) is 1. The summed E-state index contributed by atoms with van der Waals surface area (Å²) in [5.41, 5.74) is 7.02. The van der Waals surface area contributed by atoms with Gasteiger partial charge in [-0.2, -0.15) is 0 Å². The summed E-state index contributed by atoms with van der Waals surface area (Å²) in [6, 6.07) is 3.06. The Bertz CT molecular complexity index is 571. The molecule has 0 saturated carbocycles. The number of alkyl halides is 2. The second-order valence-electron chi connectivity index (χ2n) is 7.15. The van der Waals surface area contributed by atoms with Crippen molar-refractivity contribution in [2.45, 2.75) is 71.4 Å². The van der Waals surface area contributed by atoms with E-state index in [1.807, 2.05) is 20.8 Å². The van der Waals surface area contributed by atoms with Gasteiger partial charge in [0.2, 0.25) is 0 Å². The maximum absolute atomic E-state index is 13.6. The van der Waals surface area contributed by atoms with Crippen LogP contribution in [0.25, 0.3) is 0 Å². The number of hydrogen-bond donors (Lipinski definition) is 1. The number of nitrogens with two attached hydrogens (primary N) is 1. The first kappa shape index (κ1) is 20.6. The molecular formula is C18H30F2N2OSi. The third kappa shape index (κ3) is 5.03. The van der Waals surface area contributed by atoms with E-state index in [0.717, 1.165) is 17.5 Å². The molecule has 0 spiro atoms. The molecule has 0 heterocycles. The van der Waals surface area contributed by atoms with Crippen molar-refractivity contribution in [1.82, 2.24) is 0 Å². The summed E-state index contributed by atoms with van der Waals surface area (Å²) in [5, 5.41) is 0. The van der Waals surface area contributed by atoms with Crippen molar-refractivity contribution in [2.24, 2.45) is 10.7 Å². The van der Waals surface area contributed by atoms with Crippen LogP contribution in [0.4, 0.5) is 8.78 Å². The largest absolute Gasteiger partial charge is 0.494 e. The fourth-order valence-corrected chi connectivity index (χ4v) is 4.59. The number of benzene rings is 1. The summed E-state index contributed by atoms with van der Waals surface area (Å²) in [4.78, 5) is 4.19. The number of aryl methyl sites for hydroxylation is 1. The lowest BCUT2D eigenvalue weighted by molar-refractivity contribution is 0.142. The number of ether oxygens (including phenoxy) is 1. The van der Waals surface area contributed by atoms with Crippen LogP contribution in [0.15, 0.2) is 17.1 Å². The maximum Gasteiger partial charge on any atom is 0.267 e. The Morgan fingerprint density at radius 1 is 1.17 bits per heavy atom. The van der Waals surface area contributed by atoms with E-state index in [-0.39, 0.29) is 17.3 Å². The molecule has 0 aliphatic heterocycles. The molecule has 1 aromatic carbocycles. The lowest BCUT2D eigenvalue weighted by Crippen LogP contribution is -2.42. The first-order chi connectivity index (χ1) is 11.1. The van der Waals surface area contributed by atoms with Gasteiger partial charge < -0.3 is 10.5 Å². The monoisotopic (exact) mass is 356 g/mol. The summed E-state index contributed by atoms with van der Waals surface area (Å²) in [7, 11) is -1.61. The van der Waals surface area contributed by atoms with E-state index >= 15 is 0 Å². The third-order valence-corrected chi connectivity index (χ3v) is 6.71. The van der Waals surface area contributed by atoms with Crippen LogP contribution in [-0.4, -0.2) is 20.1 Å². The van der Waals surface area contributed by atoms with E-state index in [9.17, 15) is 8.78 Å². The zero-order valence-electron chi connectivity index (χ0n) is 15.6. The highest BCUT2D eigenvalue weighted by molar-refractivity contribution is 6.77. The molecule has 1 aromatic rings.